The number of aromatic nitrogens is 4. The Kier molecular flexibility index (Phi) is 7.55. The molecule has 0 radical (unpaired) electrons. The van der Waals surface area contributed by atoms with Gasteiger partial charge in [0.2, 0.25) is 0 Å². The van der Waals surface area contributed by atoms with Crippen LogP contribution < -0.4 is 22.5 Å². The normalized spacial score (nSPS) is 28.6. The Morgan fingerprint density at radius 1 is 0.914 bits per heavy atom. The van der Waals surface area contributed by atoms with Crippen molar-refractivity contribution in [2.45, 2.75) is 77.7 Å². The third-order valence-electron chi connectivity index (χ3n) is 6.68. The quantitative estimate of drug-likeness (QED) is 0.404. The molecule has 12 nitrogen and oxygen atoms in total. The Balaban J connectivity index is 1.30. The molecule has 2 aliphatic rings. The molecule has 0 saturated carbocycles. The lowest BCUT2D eigenvalue weighted by Crippen LogP contribution is -2.33. The minimum absolute atomic E-state index is 0.0196. The molecule has 0 spiro atoms. The summed E-state index contributed by atoms with van der Waals surface area (Å²) in [7, 11) is 0. The van der Waals surface area contributed by atoms with Gasteiger partial charge in [-0.15, -0.1) is 0 Å². The fraction of sp³-hybridized carbons (Fsp3) is 0.652. The third-order valence-corrected chi connectivity index (χ3v) is 6.68. The highest BCUT2D eigenvalue weighted by atomic mass is 16.7. The average molecular weight is 493 g/mol. The zero-order valence-corrected chi connectivity index (χ0v) is 20.3. The van der Waals surface area contributed by atoms with Crippen molar-refractivity contribution in [1.82, 2.24) is 19.1 Å². The standard InChI is InChI=1S/C23H32N4O8/c1-5-15-16(7-19(34-15)27-9-14(4)21(29)25-23(27)31)33-11-32-10-17-12(2)6-18(35-17)26-8-13(3)20(28)24-22(26)30/h8-9,12,15-19H,5-7,10-11H2,1-4H3,(H,24,28,30)(H,25,29,31)/t12-,15+,16-,17+,18+,19+/m0/s1. The van der Waals surface area contributed by atoms with Crippen LogP contribution in [0, 0.1) is 19.8 Å². The Hall–Kier alpha value is -2.80. The average Bonchev–Trinajstić information content (AvgIpc) is 3.39. The van der Waals surface area contributed by atoms with Crippen LogP contribution in [0.5, 0.6) is 0 Å². The van der Waals surface area contributed by atoms with Crippen molar-refractivity contribution in [3.05, 3.63) is 65.2 Å². The number of rotatable bonds is 8. The van der Waals surface area contributed by atoms with Crippen LogP contribution in [0.25, 0.3) is 0 Å². The van der Waals surface area contributed by atoms with E-state index in [-0.39, 0.29) is 37.6 Å². The summed E-state index contributed by atoms with van der Waals surface area (Å²) in [6.07, 6.45) is 3.02. The first-order chi connectivity index (χ1) is 16.7. The molecule has 0 unspecified atom stereocenters. The van der Waals surface area contributed by atoms with Crippen LogP contribution in [0.3, 0.4) is 0 Å². The Morgan fingerprint density at radius 3 is 2.03 bits per heavy atom. The van der Waals surface area contributed by atoms with Gasteiger partial charge in [0.05, 0.1) is 24.9 Å². The third kappa shape index (κ3) is 5.40. The van der Waals surface area contributed by atoms with Crippen LogP contribution in [0.2, 0.25) is 0 Å². The topological polar surface area (TPSA) is 147 Å². The fourth-order valence-electron chi connectivity index (χ4n) is 4.55. The lowest BCUT2D eigenvalue weighted by atomic mass is 10.0. The summed E-state index contributed by atoms with van der Waals surface area (Å²) < 4.78 is 26.5. The van der Waals surface area contributed by atoms with Crippen LogP contribution >= 0.6 is 0 Å². The second-order valence-electron chi connectivity index (χ2n) is 9.27. The van der Waals surface area contributed by atoms with E-state index in [1.54, 1.807) is 13.8 Å². The van der Waals surface area contributed by atoms with Crippen LogP contribution in [0.1, 0.15) is 56.7 Å². The van der Waals surface area contributed by atoms with Crippen LogP contribution in [0.4, 0.5) is 0 Å². The number of aryl methyl sites for hydroxylation is 2. The molecule has 35 heavy (non-hydrogen) atoms. The minimum Gasteiger partial charge on any atom is -0.353 e. The number of nitrogens with zero attached hydrogens (tertiary/aromatic N) is 2. The molecule has 2 aromatic heterocycles. The smallest absolute Gasteiger partial charge is 0.330 e. The fourth-order valence-corrected chi connectivity index (χ4v) is 4.55. The maximum atomic E-state index is 12.2. The van der Waals surface area contributed by atoms with Gasteiger partial charge in [-0.2, -0.15) is 0 Å². The van der Waals surface area contributed by atoms with E-state index in [4.69, 9.17) is 18.9 Å². The Morgan fingerprint density at radius 2 is 1.46 bits per heavy atom. The lowest BCUT2D eigenvalue weighted by molar-refractivity contribution is -0.134. The first kappa shape index (κ1) is 25.3. The van der Waals surface area contributed by atoms with E-state index in [9.17, 15) is 19.2 Å². The Bertz CT molecular complexity index is 1280. The molecule has 2 aromatic rings. The molecule has 0 aromatic carbocycles. The van der Waals surface area contributed by atoms with E-state index in [2.05, 4.69) is 9.97 Å². The molecule has 4 heterocycles. The van der Waals surface area contributed by atoms with Gasteiger partial charge in [0.1, 0.15) is 19.2 Å². The highest BCUT2D eigenvalue weighted by Gasteiger charge is 2.37. The number of hydrogen-bond acceptors (Lipinski definition) is 8. The molecule has 2 fully saturated rings. The number of hydrogen-bond donors (Lipinski definition) is 2. The van der Waals surface area contributed by atoms with Crippen molar-refractivity contribution in [2.24, 2.45) is 5.92 Å². The highest BCUT2D eigenvalue weighted by Crippen LogP contribution is 2.33. The first-order valence-corrected chi connectivity index (χ1v) is 11.8. The number of ether oxygens (including phenoxy) is 4. The second-order valence-corrected chi connectivity index (χ2v) is 9.27. The zero-order chi connectivity index (χ0) is 25.3. The molecule has 192 valence electrons. The van der Waals surface area contributed by atoms with E-state index < -0.39 is 35.0 Å². The molecule has 0 aliphatic carbocycles. The minimum atomic E-state index is -0.536. The summed E-state index contributed by atoms with van der Waals surface area (Å²) in [6, 6.07) is 0. The zero-order valence-electron chi connectivity index (χ0n) is 20.3. The molecule has 2 N–H and O–H groups in total. The van der Waals surface area contributed by atoms with Crippen molar-refractivity contribution in [2.75, 3.05) is 13.4 Å². The van der Waals surface area contributed by atoms with Gasteiger partial charge in [-0.3, -0.25) is 28.7 Å². The van der Waals surface area contributed by atoms with Crippen molar-refractivity contribution in [3.63, 3.8) is 0 Å². The van der Waals surface area contributed by atoms with Crippen LogP contribution in [-0.2, 0) is 18.9 Å². The maximum absolute atomic E-state index is 12.2. The van der Waals surface area contributed by atoms with Gasteiger partial charge in [-0.05, 0) is 32.6 Å². The van der Waals surface area contributed by atoms with Crippen LogP contribution in [-0.4, -0.2) is 50.8 Å². The van der Waals surface area contributed by atoms with Crippen molar-refractivity contribution >= 4 is 0 Å². The number of H-pyrrole nitrogens is 2. The van der Waals surface area contributed by atoms with Gasteiger partial charge in [0.15, 0.2) is 0 Å². The molecule has 2 saturated heterocycles. The van der Waals surface area contributed by atoms with E-state index in [1.807, 2.05) is 13.8 Å². The van der Waals surface area contributed by atoms with Crippen molar-refractivity contribution in [1.29, 1.82) is 0 Å². The summed E-state index contributed by atoms with van der Waals surface area (Å²) in [5.74, 6) is 0.136. The van der Waals surface area contributed by atoms with Crippen molar-refractivity contribution in [3.8, 4) is 0 Å². The molecule has 0 bridgehead atoms. The molecule has 6 atom stereocenters. The van der Waals surface area contributed by atoms with Gasteiger partial charge in [-0.25, -0.2) is 9.59 Å². The predicted octanol–water partition coefficient (Wildman–Crippen LogP) is 0.684. The molecule has 4 rings (SSSR count). The summed E-state index contributed by atoms with van der Waals surface area (Å²) in [5.41, 5.74) is -0.966. The van der Waals surface area contributed by atoms with Gasteiger partial charge in [0.25, 0.3) is 11.1 Å². The Labute approximate surface area is 200 Å². The van der Waals surface area contributed by atoms with E-state index in [1.165, 1.54) is 21.5 Å². The summed E-state index contributed by atoms with van der Waals surface area (Å²) in [4.78, 5) is 52.3. The summed E-state index contributed by atoms with van der Waals surface area (Å²) >= 11 is 0. The lowest BCUT2D eigenvalue weighted by Gasteiger charge is -2.19. The van der Waals surface area contributed by atoms with E-state index in [0.717, 1.165) is 0 Å². The van der Waals surface area contributed by atoms with Crippen molar-refractivity contribution < 1.29 is 18.9 Å². The monoisotopic (exact) mass is 492 g/mol. The van der Waals surface area contributed by atoms with Gasteiger partial charge in [0, 0.05) is 29.9 Å². The molecular formula is C23H32N4O8. The first-order valence-electron chi connectivity index (χ1n) is 11.8. The van der Waals surface area contributed by atoms with Crippen LogP contribution in [0.15, 0.2) is 31.6 Å². The molecule has 0 amide bonds. The molecule has 2 aliphatic heterocycles. The van der Waals surface area contributed by atoms with Gasteiger partial charge >= 0.3 is 11.4 Å². The number of aromatic amines is 2. The van der Waals surface area contributed by atoms with E-state index >= 15 is 0 Å². The predicted molar refractivity (Wildman–Crippen MR) is 124 cm³/mol. The SMILES string of the molecule is CC[C@H]1O[C@@H](n2cc(C)c(=O)[nH]c2=O)C[C@@H]1OCOC[C@H]1O[C@@H](n2cc(C)c(=O)[nH]c2=O)C[C@@H]1C. The molecular weight excluding hydrogens is 460 g/mol. The number of nitrogens with one attached hydrogen (secondary N) is 2. The van der Waals surface area contributed by atoms with E-state index in [0.29, 0.717) is 30.4 Å². The second kappa shape index (κ2) is 10.4. The van der Waals surface area contributed by atoms with Gasteiger partial charge in [-0.1, -0.05) is 13.8 Å². The maximum Gasteiger partial charge on any atom is 0.330 e. The molecule has 12 heteroatoms. The highest BCUT2D eigenvalue weighted by molar-refractivity contribution is 5.03. The largest absolute Gasteiger partial charge is 0.353 e. The van der Waals surface area contributed by atoms with Gasteiger partial charge < -0.3 is 18.9 Å². The summed E-state index contributed by atoms with van der Waals surface area (Å²) in [6.45, 7) is 7.56. The summed E-state index contributed by atoms with van der Waals surface area (Å²) in [5, 5.41) is 0.